The standard InChI is InChI=1S/C15H21N3O4S/c1-2-12-4-5-15(22-12)23(20,21)17-13-8-11(9-14(13)19)10-18-7-3-6-16-18/h3-7,11,13-14,17,19H,2,8-10H2,1H3/t11?,13-,14-/m1/s1. The SMILES string of the molecule is CCc1ccc(S(=O)(=O)N[C@@H]2CC(Cn3cccn3)C[C@H]2O)o1. The molecule has 3 atom stereocenters. The third-order valence-electron chi connectivity index (χ3n) is 4.19. The van der Waals surface area contributed by atoms with Crippen LogP contribution in [0.25, 0.3) is 0 Å². The predicted molar refractivity (Wildman–Crippen MR) is 83.2 cm³/mol. The van der Waals surface area contributed by atoms with Gasteiger partial charge in [-0.1, -0.05) is 6.92 Å². The molecule has 126 valence electrons. The summed E-state index contributed by atoms with van der Waals surface area (Å²) in [5.74, 6) is 0.800. The Morgan fingerprint density at radius 1 is 1.43 bits per heavy atom. The van der Waals surface area contributed by atoms with Gasteiger partial charge in [0.1, 0.15) is 5.76 Å². The summed E-state index contributed by atoms with van der Waals surface area (Å²) in [4.78, 5) is 0. The van der Waals surface area contributed by atoms with Crippen molar-refractivity contribution in [3.63, 3.8) is 0 Å². The summed E-state index contributed by atoms with van der Waals surface area (Å²) >= 11 is 0. The first-order valence-corrected chi connectivity index (χ1v) is 9.23. The smallest absolute Gasteiger partial charge is 0.274 e. The number of rotatable bonds is 6. The van der Waals surface area contributed by atoms with Gasteiger partial charge in [-0.25, -0.2) is 13.1 Å². The molecule has 0 bridgehead atoms. The van der Waals surface area contributed by atoms with Gasteiger partial charge in [0, 0.05) is 31.4 Å². The summed E-state index contributed by atoms with van der Waals surface area (Å²) < 4.78 is 34.4. The maximum Gasteiger partial charge on any atom is 0.274 e. The number of aliphatic hydroxyl groups excluding tert-OH is 1. The fourth-order valence-electron chi connectivity index (χ4n) is 3.02. The maximum absolute atomic E-state index is 12.4. The quantitative estimate of drug-likeness (QED) is 0.823. The minimum Gasteiger partial charge on any atom is -0.448 e. The molecule has 2 aromatic heterocycles. The van der Waals surface area contributed by atoms with Gasteiger partial charge >= 0.3 is 0 Å². The van der Waals surface area contributed by atoms with Crippen LogP contribution in [0.5, 0.6) is 0 Å². The summed E-state index contributed by atoms with van der Waals surface area (Å²) in [6, 6.07) is 4.44. The Morgan fingerprint density at radius 2 is 2.26 bits per heavy atom. The van der Waals surface area contributed by atoms with E-state index in [4.69, 9.17) is 4.42 Å². The Hall–Kier alpha value is -1.64. The molecule has 2 aromatic rings. The number of hydrogen-bond donors (Lipinski definition) is 2. The van der Waals surface area contributed by atoms with Crippen LogP contribution in [0.2, 0.25) is 0 Å². The van der Waals surface area contributed by atoms with Gasteiger partial charge < -0.3 is 9.52 Å². The first-order chi connectivity index (χ1) is 11.0. The fraction of sp³-hybridized carbons (Fsp3) is 0.533. The van der Waals surface area contributed by atoms with Crippen molar-refractivity contribution in [2.75, 3.05) is 0 Å². The van der Waals surface area contributed by atoms with E-state index >= 15 is 0 Å². The predicted octanol–water partition coefficient (Wildman–Crippen LogP) is 1.16. The lowest BCUT2D eigenvalue weighted by Crippen LogP contribution is -2.39. The fourth-order valence-corrected chi connectivity index (χ4v) is 4.25. The van der Waals surface area contributed by atoms with Crippen molar-refractivity contribution in [3.8, 4) is 0 Å². The van der Waals surface area contributed by atoms with Gasteiger partial charge in [-0.15, -0.1) is 0 Å². The van der Waals surface area contributed by atoms with Gasteiger partial charge in [-0.05, 0) is 37.0 Å². The van der Waals surface area contributed by atoms with Gasteiger partial charge in [0.05, 0.1) is 6.10 Å². The molecule has 1 unspecified atom stereocenters. The highest BCUT2D eigenvalue weighted by Gasteiger charge is 2.36. The Labute approximate surface area is 135 Å². The number of nitrogens with zero attached hydrogens (tertiary/aromatic N) is 2. The highest BCUT2D eigenvalue weighted by molar-refractivity contribution is 7.89. The van der Waals surface area contributed by atoms with Crippen LogP contribution in [-0.4, -0.2) is 35.5 Å². The molecule has 2 N–H and O–H groups in total. The molecule has 8 heteroatoms. The minimum atomic E-state index is -3.75. The van der Waals surface area contributed by atoms with Crippen LogP contribution in [0, 0.1) is 5.92 Å². The largest absolute Gasteiger partial charge is 0.448 e. The van der Waals surface area contributed by atoms with E-state index < -0.39 is 22.2 Å². The van der Waals surface area contributed by atoms with Gasteiger partial charge in [0.2, 0.25) is 5.09 Å². The van der Waals surface area contributed by atoms with Gasteiger partial charge in [0.15, 0.2) is 0 Å². The topological polar surface area (TPSA) is 97.4 Å². The van der Waals surface area contributed by atoms with E-state index in [1.54, 1.807) is 16.9 Å². The average molecular weight is 339 g/mol. The number of nitrogens with one attached hydrogen (secondary N) is 1. The van der Waals surface area contributed by atoms with Crippen molar-refractivity contribution < 1.29 is 17.9 Å². The first kappa shape index (κ1) is 16.2. The van der Waals surface area contributed by atoms with Crippen LogP contribution in [0.3, 0.4) is 0 Å². The maximum atomic E-state index is 12.4. The number of hydrogen-bond acceptors (Lipinski definition) is 5. The van der Waals surface area contributed by atoms with Crippen molar-refractivity contribution >= 4 is 10.0 Å². The van der Waals surface area contributed by atoms with E-state index in [1.807, 2.05) is 19.2 Å². The Bertz CT molecular complexity index is 739. The third kappa shape index (κ3) is 3.65. The van der Waals surface area contributed by atoms with Crippen molar-refractivity contribution in [3.05, 3.63) is 36.4 Å². The van der Waals surface area contributed by atoms with E-state index in [1.165, 1.54) is 6.07 Å². The molecule has 1 aliphatic rings. The summed E-state index contributed by atoms with van der Waals surface area (Å²) in [5, 5.41) is 14.2. The van der Waals surface area contributed by atoms with E-state index in [2.05, 4.69) is 9.82 Å². The summed E-state index contributed by atoms with van der Waals surface area (Å²) in [5.41, 5.74) is 0. The monoisotopic (exact) mass is 339 g/mol. The number of furan rings is 1. The zero-order chi connectivity index (χ0) is 16.4. The van der Waals surface area contributed by atoms with Crippen LogP contribution in [0.1, 0.15) is 25.5 Å². The lowest BCUT2D eigenvalue weighted by molar-refractivity contribution is 0.154. The summed E-state index contributed by atoms with van der Waals surface area (Å²) in [6.45, 7) is 2.56. The zero-order valence-corrected chi connectivity index (χ0v) is 13.7. The second-order valence-corrected chi connectivity index (χ2v) is 7.58. The molecular formula is C15H21N3O4S. The number of aliphatic hydroxyl groups is 1. The molecule has 0 saturated heterocycles. The Morgan fingerprint density at radius 3 is 2.91 bits per heavy atom. The number of aromatic nitrogens is 2. The van der Waals surface area contributed by atoms with Gasteiger partial charge in [-0.2, -0.15) is 5.10 Å². The van der Waals surface area contributed by atoms with Crippen LogP contribution >= 0.6 is 0 Å². The van der Waals surface area contributed by atoms with E-state index in [9.17, 15) is 13.5 Å². The normalized spacial score (nSPS) is 25.0. The second-order valence-electron chi connectivity index (χ2n) is 5.93. The summed E-state index contributed by atoms with van der Waals surface area (Å²) in [7, 11) is -3.75. The summed E-state index contributed by atoms with van der Waals surface area (Å²) in [6.07, 6.45) is 4.61. The molecule has 3 rings (SSSR count). The van der Waals surface area contributed by atoms with Crippen LogP contribution in [0.15, 0.2) is 40.1 Å². The average Bonchev–Trinajstić information content (AvgIpc) is 3.22. The van der Waals surface area contributed by atoms with Gasteiger partial charge in [-0.3, -0.25) is 4.68 Å². The van der Waals surface area contributed by atoms with Crippen LogP contribution in [-0.2, 0) is 23.0 Å². The van der Waals surface area contributed by atoms with E-state index in [0.29, 0.717) is 31.6 Å². The van der Waals surface area contributed by atoms with E-state index in [-0.39, 0.29) is 11.0 Å². The molecule has 0 amide bonds. The number of aryl methyl sites for hydroxylation is 1. The molecule has 1 aliphatic carbocycles. The molecule has 0 aromatic carbocycles. The highest BCUT2D eigenvalue weighted by Crippen LogP contribution is 2.28. The van der Waals surface area contributed by atoms with Crippen LogP contribution in [0.4, 0.5) is 0 Å². The van der Waals surface area contributed by atoms with Crippen molar-refractivity contribution in [1.82, 2.24) is 14.5 Å². The highest BCUT2D eigenvalue weighted by atomic mass is 32.2. The lowest BCUT2D eigenvalue weighted by atomic mass is 10.1. The molecule has 7 nitrogen and oxygen atoms in total. The Balaban J connectivity index is 1.65. The lowest BCUT2D eigenvalue weighted by Gasteiger charge is -2.15. The molecule has 0 spiro atoms. The van der Waals surface area contributed by atoms with Crippen molar-refractivity contribution in [1.29, 1.82) is 0 Å². The van der Waals surface area contributed by atoms with Crippen molar-refractivity contribution in [2.45, 2.75) is 50.0 Å². The molecule has 0 radical (unpaired) electrons. The molecule has 0 aliphatic heterocycles. The zero-order valence-electron chi connectivity index (χ0n) is 12.9. The van der Waals surface area contributed by atoms with Crippen LogP contribution < -0.4 is 4.72 Å². The Kier molecular flexibility index (Phi) is 4.56. The number of sulfonamides is 1. The molecule has 23 heavy (non-hydrogen) atoms. The third-order valence-corrected chi connectivity index (χ3v) is 5.55. The van der Waals surface area contributed by atoms with Crippen molar-refractivity contribution in [2.24, 2.45) is 5.92 Å². The molecule has 1 saturated carbocycles. The second kappa shape index (κ2) is 6.46. The first-order valence-electron chi connectivity index (χ1n) is 7.74. The van der Waals surface area contributed by atoms with Gasteiger partial charge in [0.25, 0.3) is 10.0 Å². The molecular weight excluding hydrogens is 318 g/mol. The minimum absolute atomic E-state index is 0.0999. The van der Waals surface area contributed by atoms with E-state index in [0.717, 1.165) is 0 Å². The molecule has 1 fully saturated rings. The molecule has 2 heterocycles.